The molecule has 0 aliphatic heterocycles. The summed E-state index contributed by atoms with van der Waals surface area (Å²) in [6, 6.07) is -0.645. The van der Waals surface area contributed by atoms with Gasteiger partial charge in [0.2, 0.25) is 17.7 Å². The summed E-state index contributed by atoms with van der Waals surface area (Å²) in [6.45, 7) is 7.56. The standard InChI is InChI=1S/C27H51N3O3/c1-4-7-10-11-12-13-14-15-16-17-18-19-26(32)30-24(27(33)29-23-9-6-3)20-21-25(31)28-22-8-5-2/h7,10,24H,4-6,8-9,11-23H2,1-3H3,(H,28,31)(H,29,33)(H,30,32)/b10-7+/t24-/m0/s1. The van der Waals surface area contributed by atoms with Crippen molar-refractivity contribution in [3.63, 3.8) is 0 Å². The highest BCUT2D eigenvalue weighted by Crippen LogP contribution is 2.10. The minimum Gasteiger partial charge on any atom is -0.356 e. The summed E-state index contributed by atoms with van der Waals surface area (Å²) in [5.74, 6) is -0.350. The van der Waals surface area contributed by atoms with Crippen LogP contribution in [-0.4, -0.2) is 36.9 Å². The Kier molecular flexibility index (Phi) is 22.0. The summed E-state index contributed by atoms with van der Waals surface area (Å²) in [5.41, 5.74) is 0. The fourth-order valence-corrected chi connectivity index (χ4v) is 3.53. The smallest absolute Gasteiger partial charge is 0.242 e. The summed E-state index contributed by atoms with van der Waals surface area (Å²) in [4.78, 5) is 36.9. The first-order valence-electron chi connectivity index (χ1n) is 13.5. The first kappa shape index (κ1) is 31.1. The Morgan fingerprint density at radius 1 is 0.667 bits per heavy atom. The lowest BCUT2D eigenvalue weighted by molar-refractivity contribution is -0.129. The van der Waals surface area contributed by atoms with Gasteiger partial charge in [0, 0.05) is 25.9 Å². The summed E-state index contributed by atoms with van der Waals surface area (Å²) < 4.78 is 0. The summed E-state index contributed by atoms with van der Waals surface area (Å²) >= 11 is 0. The van der Waals surface area contributed by atoms with Crippen LogP contribution in [0, 0.1) is 0 Å². The number of amides is 3. The van der Waals surface area contributed by atoms with Crippen LogP contribution >= 0.6 is 0 Å². The highest BCUT2D eigenvalue weighted by Gasteiger charge is 2.21. The zero-order valence-corrected chi connectivity index (χ0v) is 21.7. The molecule has 0 saturated heterocycles. The Balaban J connectivity index is 4.17. The van der Waals surface area contributed by atoms with Crippen LogP contribution in [0.3, 0.4) is 0 Å². The summed E-state index contributed by atoms with van der Waals surface area (Å²) in [5, 5.41) is 8.62. The zero-order chi connectivity index (χ0) is 24.6. The number of hydrogen-bond acceptors (Lipinski definition) is 3. The molecule has 0 fully saturated rings. The van der Waals surface area contributed by atoms with E-state index in [1.807, 2.05) is 0 Å². The molecule has 3 N–H and O–H groups in total. The lowest BCUT2D eigenvalue weighted by Crippen LogP contribution is -2.47. The maximum absolute atomic E-state index is 12.5. The van der Waals surface area contributed by atoms with E-state index >= 15 is 0 Å². The summed E-state index contributed by atoms with van der Waals surface area (Å²) in [6.07, 6.45) is 19.7. The van der Waals surface area contributed by atoms with Crippen LogP contribution in [0.1, 0.15) is 124 Å². The van der Waals surface area contributed by atoms with Gasteiger partial charge in [0.15, 0.2) is 0 Å². The average molecular weight is 466 g/mol. The van der Waals surface area contributed by atoms with Gasteiger partial charge in [-0.05, 0) is 44.9 Å². The maximum atomic E-state index is 12.5. The lowest BCUT2D eigenvalue weighted by atomic mass is 10.1. The Bertz CT molecular complexity index is 535. The van der Waals surface area contributed by atoms with E-state index in [-0.39, 0.29) is 24.1 Å². The fraction of sp³-hybridized carbons (Fsp3) is 0.815. The number of unbranched alkanes of at least 4 members (excludes halogenated alkanes) is 9. The molecule has 3 amide bonds. The van der Waals surface area contributed by atoms with Crippen molar-refractivity contribution in [2.24, 2.45) is 0 Å². The molecule has 0 saturated carbocycles. The van der Waals surface area contributed by atoms with Gasteiger partial charge < -0.3 is 16.0 Å². The van der Waals surface area contributed by atoms with Gasteiger partial charge in [-0.25, -0.2) is 0 Å². The highest BCUT2D eigenvalue weighted by molar-refractivity contribution is 5.88. The van der Waals surface area contributed by atoms with Crippen LogP contribution in [0.15, 0.2) is 12.2 Å². The second-order valence-electron chi connectivity index (χ2n) is 8.90. The van der Waals surface area contributed by atoms with Crippen LogP contribution in [0.5, 0.6) is 0 Å². The van der Waals surface area contributed by atoms with Gasteiger partial charge in [0.05, 0.1) is 0 Å². The molecule has 0 bridgehead atoms. The molecule has 0 aromatic heterocycles. The largest absolute Gasteiger partial charge is 0.356 e. The Morgan fingerprint density at radius 3 is 1.91 bits per heavy atom. The van der Waals surface area contributed by atoms with Gasteiger partial charge in [-0.2, -0.15) is 0 Å². The normalized spacial score (nSPS) is 12.0. The van der Waals surface area contributed by atoms with Crippen molar-refractivity contribution in [3.8, 4) is 0 Å². The van der Waals surface area contributed by atoms with E-state index < -0.39 is 6.04 Å². The number of hydrogen-bond donors (Lipinski definition) is 3. The topological polar surface area (TPSA) is 87.3 Å². The molecule has 6 heteroatoms. The van der Waals surface area contributed by atoms with Crippen LogP contribution in [0.4, 0.5) is 0 Å². The van der Waals surface area contributed by atoms with Crippen molar-refractivity contribution in [1.29, 1.82) is 0 Å². The number of nitrogens with one attached hydrogen (secondary N) is 3. The predicted molar refractivity (Wildman–Crippen MR) is 138 cm³/mol. The highest BCUT2D eigenvalue weighted by atomic mass is 16.2. The molecule has 0 aromatic carbocycles. The molecule has 0 radical (unpaired) electrons. The molecular weight excluding hydrogens is 414 g/mol. The molecule has 192 valence electrons. The number of rotatable bonds is 22. The molecule has 6 nitrogen and oxygen atoms in total. The van der Waals surface area contributed by atoms with E-state index in [2.05, 4.69) is 48.9 Å². The van der Waals surface area contributed by atoms with Crippen LogP contribution in [0.2, 0.25) is 0 Å². The second kappa shape index (κ2) is 23.3. The molecule has 0 heterocycles. The molecule has 0 rings (SSSR count). The van der Waals surface area contributed by atoms with Crippen LogP contribution in [0.25, 0.3) is 0 Å². The SMILES string of the molecule is CC/C=C/CCCCCCCCCC(=O)N[C@@H](CCC(=O)NCCCC)C(=O)NCCCC. The van der Waals surface area contributed by atoms with Crippen molar-refractivity contribution >= 4 is 17.7 Å². The minimum atomic E-state index is -0.645. The molecule has 0 aliphatic carbocycles. The number of allylic oxidation sites excluding steroid dienone is 2. The molecule has 1 atom stereocenters. The van der Waals surface area contributed by atoms with E-state index in [9.17, 15) is 14.4 Å². The quantitative estimate of drug-likeness (QED) is 0.144. The van der Waals surface area contributed by atoms with E-state index in [0.717, 1.165) is 51.4 Å². The maximum Gasteiger partial charge on any atom is 0.242 e. The monoisotopic (exact) mass is 465 g/mol. The third-order valence-electron chi connectivity index (χ3n) is 5.67. The van der Waals surface area contributed by atoms with Crippen molar-refractivity contribution in [3.05, 3.63) is 12.2 Å². The second-order valence-corrected chi connectivity index (χ2v) is 8.90. The first-order valence-corrected chi connectivity index (χ1v) is 13.5. The molecule has 0 aliphatic rings. The third-order valence-corrected chi connectivity index (χ3v) is 5.67. The Morgan fingerprint density at radius 2 is 1.27 bits per heavy atom. The first-order chi connectivity index (χ1) is 16.0. The molecule has 0 spiro atoms. The van der Waals surface area contributed by atoms with Gasteiger partial charge in [-0.15, -0.1) is 0 Å². The number of carbonyl (C=O) groups excluding carboxylic acids is 3. The molecular formula is C27H51N3O3. The fourth-order valence-electron chi connectivity index (χ4n) is 3.53. The van der Waals surface area contributed by atoms with Crippen molar-refractivity contribution in [2.45, 2.75) is 130 Å². The Hall–Kier alpha value is -1.85. The van der Waals surface area contributed by atoms with Crippen molar-refractivity contribution in [2.75, 3.05) is 13.1 Å². The third kappa shape index (κ3) is 20.5. The van der Waals surface area contributed by atoms with Crippen molar-refractivity contribution in [1.82, 2.24) is 16.0 Å². The van der Waals surface area contributed by atoms with Gasteiger partial charge in [-0.3, -0.25) is 14.4 Å². The van der Waals surface area contributed by atoms with Gasteiger partial charge >= 0.3 is 0 Å². The summed E-state index contributed by atoms with van der Waals surface area (Å²) in [7, 11) is 0. The molecule has 33 heavy (non-hydrogen) atoms. The van der Waals surface area contributed by atoms with Gasteiger partial charge in [0.25, 0.3) is 0 Å². The Labute approximate surface area is 203 Å². The van der Waals surface area contributed by atoms with Gasteiger partial charge in [-0.1, -0.05) is 77.9 Å². The van der Waals surface area contributed by atoms with Crippen molar-refractivity contribution < 1.29 is 14.4 Å². The van der Waals surface area contributed by atoms with E-state index in [1.54, 1.807) is 0 Å². The van der Waals surface area contributed by atoms with E-state index in [1.165, 1.54) is 32.1 Å². The van der Waals surface area contributed by atoms with Crippen LogP contribution < -0.4 is 16.0 Å². The molecule has 0 aromatic rings. The molecule has 0 unspecified atom stereocenters. The van der Waals surface area contributed by atoms with Gasteiger partial charge in [0.1, 0.15) is 6.04 Å². The van der Waals surface area contributed by atoms with E-state index in [0.29, 0.717) is 25.9 Å². The van der Waals surface area contributed by atoms with Crippen LogP contribution in [-0.2, 0) is 14.4 Å². The number of carbonyl (C=O) groups is 3. The predicted octanol–water partition coefficient (Wildman–Crippen LogP) is 5.56. The zero-order valence-electron chi connectivity index (χ0n) is 21.7. The average Bonchev–Trinajstić information content (AvgIpc) is 2.80. The lowest BCUT2D eigenvalue weighted by Gasteiger charge is -2.18. The minimum absolute atomic E-state index is 0.0644. The van der Waals surface area contributed by atoms with E-state index in [4.69, 9.17) is 0 Å².